The van der Waals surface area contributed by atoms with Crippen molar-refractivity contribution in [2.75, 3.05) is 10.6 Å². The predicted octanol–water partition coefficient (Wildman–Crippen LogP) is 5.54. The van der Waals surface area contributed by atoms with Crippen LogP contribution in [0, 0.1) is 0 Å². The molecule has 38 heavy (non-hydrogen) atoms. The SMILES string of the molecule is CC(NC(=O)c1ncnc(Nc2cccnc2)c1Cl)c1ncc(C(=O)Nc2cc(C(F)(F)F)c(Cl)cn2)s1. The average Bonchev–Trinajstić information content (AvgIpc) is 3.37. The molecule has 0 saturated heterocycles. The van der Waals surface area contributed by atoms with E-state index in [9.17, 15) is 22.8 Å². The van der Waals surface area contributed by atoms with Crippen LogP contribution < -0.4 is 16.0 Å². The summed E-state index contributed by atoms with van der Waals surface area (Å²) in [6, 6.07) is 3.41. The molecule has 196 valence electrons. The summed E-state index contributed by atoms with van der Waals surface area (Å²) in [7, 11) is 0. The van der Waals surface area contributed by atoms with Crippen molar-refractivity contribution >= 4 is 63.7 Å². The number of pyridine rings is 2. The van der Waals surface area contributed by atoms with Crippen molar-refractivity contribution in [2.24, 2.45) is 0 Å². The summed E-state index contributed by atoms with van der Waals surface area (Å²) in [6.07, 6.45) is 1.63. The summed E-state index contributed by atoms with van der Waals surface area (Å²) in [6.45, 7) is 1.62. The smallest absolute Gasteiger partial charge is 0.342 e. The van der Waals surface area contributed by atoms with Crippen LogP contribution in [0.1, 0.15) is 43.7 Å². The van der Waals surface area contributed by atoms with Crippen LogP contribution in [0.5, 0.6) is 0 Å². The molecule has 2 amide bonds. The molecule has 4 aromatic heterocycles. The molecular weight excluding hydrogens is 568 g/mol. The highest BCUT2D eigenvalue weighted by atomic mass is 35.5. The largest absolute Gasteiger partial charge is 0.418 e. The second-order valence-corrected chi connectivity index (χ2v) is 9.36. The summed E-state index contributed by atoms with van der Waals surface area (Å²) in [4.78, 5) is 45.3. The van der Waals surface area contributed by atoms with E-state index in [0.717, 1.165) is 17.5 Å². The molecule has 4 rings (SSSR count). The number of rotatable bonds is 7. The van der Waals surface area contributed by atoms with E-state index in [1.54, 1.807) is 31.5 Å². The van der Waals surface area contributed by atoms with Gasteiger partial charge in [0.15, 0.2) is 11.5 Å². The van der Waals surface area contributed by atoms with Crippen LogP contribution >= 0.6 is 34.5 Å². The molecule has 0 fully saturated rings. The summed E-state index contributed by atoms with van der Waals surface area (Å²) in [5.74, 6) is -1.49. The molecule has 0 saturated carbocycles. The van der Waals surface area contributed by atoms with Crippen LogP contribution in [-0.2, 0) is 6.18 Å². The number of nitrogens with zero attached hydrogens (tertiary/aromatic N) is 5. The molecule has 1 atom stereocenters. The molecule has 0 spiro atoms. The Labute approximate surface area is 226 Å². The van der Waals surface area contributed by atoms with Crippen LogP contribution in [0.25, 0.3) is 0 Å². The van der Waals surface area contributed by atoms with Crippen molar-refractivity contribution in [3.63, 3.8) is 0 Å². The highest BCUT2D eigenvalue weighted by Gasteiger charge is 2.34. The first-order valence-electron chi connectivity index (χ1n) is 10.5. The van der Waals surface area contributed by atoms with Gasteiger partial charge in [-0.05, 0) is 25.1 Å². The maximum atomic E-state index is 13.1. The fourth-order valence-electron chi connectivity index (χ4n) is 3.01. The number of thiazole rings is 1. The van der Waals surface area contributed by atoms with E-state index in [-0.39, 0.29) is 27.2 Å². The first-order chi connectivity index (χ1) is 18.0. The van der Waals surface area contributed by atoms with Gasteiger partial charge in [0, 0.05) is 12.4 Å². The van der Waals surface area contributed by atoms with Crippen LogP contribution in [0.3, 0.4) is 0 Å². The number of carbonyl (C=O) groups excluding carboxylic acids is 2. The summed E-state index contributed by atoms with van der Waals surface area (Å²) < 4.78 is 39.2. The zero-order chi connectivity index (χ0) is 27.4. The number of alkyl halides is 3. The molecule has 0 aliphatic carbocycles. The van der Waals surface area contributed by atoms with Crippen molar-refractivity contribution in [1.29, 1.82) is 0 Å². The molecule has 4 aromatic rings. The number of amides is 2. The van der Waals surface area contributed by atoms with Gasteiger partial charge in [-0.25, -0.2) is 19.9 Å². The molecule has 4 heterocycles. The van der Waals surface area contributed by atoms with Gasteiger partial charge in [-0.3, -0.25) is 14.6 Å². The number of aromatic nitrogens is 5. The Bertz CT molecular complexity index is 1490. The minimum Gasteiger partial charge on any atom is -0.342 e. The molecule has 1 unspecified atom stereocenters. The highest BCUT2D eigenvalue weighted by molar-refractivity contribution is 7.13. The number of hydrogen-bond donors (Lipinski definition) is 3. The van der Waals surface area contributed by atoms with Crippen molar-refractivity contribution < 1.29 is 22.8 Å². The standard InChI is InChI=1S/C22H15Cl2F3N8O2S/c1-10(33-20(37)17-16(24)18(32-9-31-17)34-11-3-2-4-28-6-11)21-30-8-14(38-21)19(36)35-15-5-12(22(25,26)27)13(23)7-29-15/h2-10H,1H3,(H,33,37)(H,29,35,36)(H,31,32,34). The van der Waals surface area contributed by atoms with E-state index in [1.165, 1.54) is 12.5 Å². The maximum absolute atomic E-state index is 13.1. The third-order valence-electron chi connectivity index (χ3n) is 4.80. The quantitative estimate of drug-likeness (QED) is 0.258. The molecule has 16 heteroatoms. The zero-order valence-electron chi connectivity index (χ0n) is 19.0. The lowest BCUT2D eigenvalue weighted by Gasteiger charge is -2.13. The third-order valence-corrected chi connectivity index (χ3v) is 6.63. The second-order valence-electron chi connectivity index (χ2n) is 7.51. The van der Waals surface area contributed by atoms with Crippen LogP contribution in [-0.4, -0.2) is 36.7 Å². The van der Waals surface area contributed by atoms with Crippen molar-refractivity contribution in [1.82, 2.24) is 30.2 Å². The van der Waals surface area contributed by atoms with Crippen LogP contribution in [0.2, 0.25) is 10.0 Å². The minimum absolute atomic E-state index is 0.0195. The monoisotopic (exact) mass is 582 g/mol. The van der Waals surface area contributed by atoms with Crippen LogP contribution in [0.15, 0.2) is 49.3 Å². The van der Waals surface area contributed by atoms with Gasteiger partial charge in [-0.1, -0.05) is 23.2 Å². The number of nitrogens with one attached hydrogen (secondary N) is 3. The second kappa shape index (κ2) is 11.2. The molecule has 3 N–H and O–H groups in total. The number of carbonyl (C=O) groups is 2. The van der Waals surface area contributed by atoms with Gasteiger partial charge in [-0.15, -0.1) is 11.3 Å². The number of halogens is 5. The van der Waals surface area contributed by atoms with E-state index in [4.69, 9.17) is 23.2 Å². The normalized spacial score (nSPS) is 12.1. The Hall–Kier alpha value is -3.88. The number of anilines is 3. The Balaban J connectivity index is 1.43. The molecule has 0 bridgehead atoms. The van der Waals surface area contributed by atoms with Gasteiger partial charge < -0.3 is 16.0 Å². The van der Waals surface area contributed by atoms with E-state index in [1.807, 2.05) is 0 Å². The Morgan fingerprint density at radius 1 is 1.05 bits per heavy atom. The molecule has 0 aliphatic rings. The number of hydrogen-bond acceptors (Lipinski definition) is 9. The van der Waals surface area contributed by atoms with E-state index in [0.29, 0.717) is 16.8 Å². The Kier molecular flexibility index (Phi) is 8.04. The highest BCUT2D eigenvalue weighted by Crippen LogP contribution is 2.35. The summed E-state index contributed by atoms with van der Waals surface area (Å²) >= 11 is 12.8. The van der Waals surface area contributed by atoms with Gasteiger partial charge in [0.25, 0.3) is 11.8 Å². The van der Waals surface area contributed by atoms with E-state index in [2.05, 4.69) is 40.9 Å². The first-order valence-corrected chi connectivity index (χ1v) is 12.1. The fourth-order valence-corrected chi connectivity index (χ4v) is 4.27. The van der Waals surface area contributed by atoms with Crippen molar-refractivity contribution in [3.05, 3.63) is 80.5 Å². The first kappa shape index (κ1) is 27.2. The van der Waals surface area contributed by atoms with Gasteiger partial charge in [0.2, 0.25) is 0 Å². The zero-order valence-corrected chi connectivity index (χ0v) is 21.4. The third kappa shape index (κ3) is 6.33. The lowest BCUT2D eigenvalue weighted by molar-refractivity contribution is -0.137. The van der Waals surface area contributed by atoms with Gasteiger partial charge in [0.05, 0.1) is 34.7 Å². The van der Waals surface area contributed by atoms with E-state index >= 15 is 0 Å². The average molecular weight is 583 g/mol. The molecular formula is C22H15Cl2F3N8O2S. The molecule has 0 aliphatic heterocycles. The van der Waals surface area contributed by atoms with Gasteiger partial charge >= 0.3 is 6.18 Å². The van der Waals surface area contributed by atoms with Crippen molar-refractivity contribution in [2.45, 2.75) is 19.1 Å². The minimum atomic E-state index is -4.72. The fraction of sp³-hybridized carbons (Fsp3) is 0.136. The topological polar surface area (TPSA) is 135 Å². The lowest BCUT2D eigenvalue weighted by atomic mass is 10.2. The van der Waals surface area contributed by atoms with Crippen LogP contribution in [0.4, 0.5) is 30.5 Å². The lowest BCUT2D eigenvalue weighted by Crippen LogP contribution is -2.28. The van der Waals surface area contributed by atoms with E-state index < -0.39 is 34.6 Å². The predicted molar refractivity (Wildman–Crippen MR) is 135 cm³/mol. The summed E-state index contributed by atoms with van der Waals surface area (Å²) in [5.41, 5.74) is -0.624. The molecule has 0 aromatic carbocycles. The Morgan fingerprint density at radius 2 is 1.84 bits per heavy atom. The summed E-state index contributed by atoms with van der Waals surface area (Å²) in [5, 5.41) is 7.65. The Morgan fingerprint density at radius 3 is 2.55 bits per heavy atom. The molecule has 10 nitrogen and oxygen atoms in total. The van der Waals surface area contributed by atoms with Gasteiger partial charge in [0.1, 0.15) is 27.1 Å². The van der Waals surface area contributed by atoms with Crippen molar-refractivity contribution in [3.8, 4) is 0 Å². The maximum Gasteiger partial charge on any atom is 0.418 e. The van der Waals surface area contributed by atoms with Gasteiger partial charge in [-0.2, -0.15) is 13.2 Å². The molecule has 0 radical (unpaired) electrons.